The normalized spacial score (nSPS) is 20.1. The van der Waals surface area contributed by atoms with Crippen molar-refractivity contribution in [3.05, 3.63) is 12.7 Å². The van der Waals surface area contributed by atoms with Crippen LogP contribution >= 0.6 is 0 Å². The molecule has 3 nitrogen and oxygen atoms in total. The third kappa shape index (κ3) is 2.05. The quantitative estimate of drug-likeness (QED) is 0.447. The minimum atomic E-state index is -0.357. The maximum Gasteiger partial charge on any atom is 0.330 e. The molecule has 1 fully saturated rings. The second-order valence-corrected chi connectivity index (χ2v) is 2.64. The van der Waals surface area contributed by atoms with Crippen LogP contribution in [0.4, 0.5) is 0 Å². The zero-order chi connectivity index (χ0) is 8.27. The molecule has 1 unspecified atom stereocenters. The molecule has 0 N–H and O–H groups in total. The molecule has 0 aliphatic carbocycles. The van der Waals surface area contributed by atoms with Gasteiger partial charge in [-0.15, -0.1) is 0 Å². The Hall–Kier alpha value is -0.830. The molecule has 0 spiro atoms. The van der Waals surface area contributed by atoms with Crippen LogP contribution in [0.2, 0.25) is 0 Å². The summed E-state index contributed by atoms with van der Waals surface area (Å²) in [5.74, 6) is 0.0169. The second-order valence-electron chi connectivity index (χ2n) is 2.64. The van der Waals surface area contributed by atoms with Crippen LogP contribution < -0.4 is 0 Å². The van der Waals surface area contributed by atoms with Crippen LogP contribution in [0.15, 0.2) is 12.7 Å². The Labute approximate surface area is 66.0 Å². The lowest BCUT2D eigenvalue weighted by atomic mass is 10.0. The van der Waals surface area contributed by atoms with E-state index in [1.807, 2.05) is 6.92 Å². The van der Waals surface area contributed by atoms with E-state index >= 15 is 0 Å². The molecule has 1 atom stereocenters. The molecule has 0 aromatic rings. The first-order valence-corrected chi connectivity index (χ1v) is 3.65. The van der Waals surface area contributed by atoms with Crippen LogP contribution in [0.5, 0.6) is 0 Å². The van der Waals surface area contributed by atoms with Gasteiger partial charge in [-0.05, 0) is 6.92 Å². The fourth-order valence-electron chi connectivity index (χ4n) is 0.853. The van der Waals surface area contributed by atoms with Gasteiger partial charge < -0.3 is 9.47 Å². The van der Waals surface area contributed by atoms with Gasteiger partial charge >= 0.3 is 5.97 Å². The van der Waals surface area contributed by atoms with E-state index in [-0.39, 0.29) is 12.1 Å². The SMILES string of the molecule is C=CC(=O)OC(C)C1COC1. The van der Waals surface area contributed by atoms with E-state index < -0.39 is 0 Å². The highest BCUT2D eigenvalue weighted by Crippen LogP contribution is 2.17. The van der Waals surface area contributed by atoms with Crippen molar-refractivity contribution in [2.75, 3.05) is 13.2 Å². The molecule has 0 aromatic carbocycles. The molecule has 0 bridgehead atoms. The van der Waals surface area contributed by atoms with Gasteiger partial charge in [0.15, 0.2) is 0 Å². The van der Waals surface area contributed by atoms with Gasteiger partial charge in [-0.2, -0.15) is 0 Å². The van der Waals surface area contributed by atoms with Crippen molar-refractivity contribution in [3.63, 3.8) is 0 Å². The molecular weight excluding hydrogens is 144 g/mol. The molecular formula is C8H12O3. The first kappa shape index (κ1) is 8.27. The summed E-state index contributed by atoms with van der Waals surface area (Å²) < 4.78 is 9.92. The predicted octanol–water partition coefficient (Wildman–Crippen LogP) is 0.750. The first-order valence-electron chi connectivity index (χ1n) is 3.65. The number of hydrogen-bond acceptors (Lipinski definition) is 3. The van der Waals surface area contributed by atoms with E-state index in [9.17, 15) is 4.79 Å². The van der Waals surface area contributed by atoms with Crippen molar-refractivity contribution in [1.82, 2.24) is 0 Å². The van der Waals surface area contributed by atoms with Crippen molar-refractivity contribution in [2.45, 2.75) is 13.0 Å². The number of esters is 1. The summed E-state index contributed by atoms with van der Waals surface area (Å²) in [6, 6.07) is 0. The largest absolute Gasteiger partial charge is 0.459 e. The fourth-order valence-corrected chi connectivity index (χ4v) is 0.853. The number of hydrogen-bond donors (Lipinski definition) is 0. The van der Waals surface area contributed by atoms with Crippen LogP contribution in [0.25, 0.3) is 0 Å². The van der Waals surface area contributed by atoms with Crippen LogP contribution in [0.3, 0.4) is 0 Å². The van der Waals surface area contributed by atoms with Gasteiger partial charge in [0, 0.05) is 12.0 Å². The Bertz CT molecular complexity index is 161. The Kier molecular flexibility index (Phi) is 2.65. The highest BCUT2D eigenvalue weighted by atomic mass is 16.6. The molecule has 1 saturated heterocycles. The number of rotatable bonds is 3. The van der Waals surface area contributed by atoms with Crippen molar-refractivity contribution < 1.29 is 14.3 Å². The third-order valence-electron chi connectivity index (χ3n) is 1.80. The molecule has 1 rings (SSSR count). The minimum absolute atomic E-state index is 0.0470. The molecule has 3 heteroatoms. The van der Waals surface area contributed by atoms with Crippen LogP contribution in [0, 0.1) is 5.92 Å². The first-order chi connectivity index (χ1) is 5.24. The number of carbonyl (C=O) groups is 1. The molecule has 1 aliphatic heterocycles. The van der Waals surface area contributed by atoms with Gasteiger partial charge in [-0.3, -0.25) is 0 Å². The molecule has 0 aromatic heterocycles. The summed E-state index contributed by atoms with van der Waals surface area (Å²) in [6.07, 6.45) is 1.13. The second kappa shape index (κ2) is 3.53. The van der Waals surface area contributed by atoms with Gasteiger partial charge in [0.2, 0.25) is 0 Å². The average molecular weight is 156 g/mol. The molecule has 62 valence electrons. The van der Waals surface area contributed by atoms with E-state index in [0.29, 0.717) is 19.1 Å². The molecule has 1 heterocycles. The van der Waals surface area contributed by atoms with E-state index in [1.54, 1.807) is 0 Å². The molecule has 1 aliphatic rings. The van der Waals surface area contributed by atoms with Crippen molar-refractivity contribution in [2.24, 2.45) is 5.92 Å². The zero-order valence-corrected chi connectivity index (χ0v) is 6.58. The summed E-state index contributed by atoms with van der Waals surface area (Å²) in [4.78, 5) is 10.7. The lowest BCUT2D eigenvalue weighted by Crippen LogP contribution is -2.38. The Morgan fingerprint density at radius 3 is 2.82 bits per heavy atom. The summed E-state index contributed by atoms with van der Waals surface area (Å²) in [7, 11) is 0. The van der Waals surface area contributed by atoms with Crippen molar-refractivity contribution >= 4 is 5.97 Å². The summed E-state index contributed by atoms with van der Waals surface area (Å²) in [5.41, 5.74) is 0. The Balaban J connectivity index is 2.24. The van der Waals surface area contributed by atoms with Gasteiger partial charge in [0.25, 0.3) is 0 Å². The Morgan fingerprint density at radius 1 is 1.82 bits per heavy atom. The van der Waals surface area contributed by atoms with Crippen molar-refractivity contribution in [3.8, 4) is 0 Å². The standard InChI is InChI=1S/C8H12O3/c1-3-8(9)11-6(2)7-4-10-5-7/h3,6-7H,1,4-5H2,2H3. The summed E-state index contributed by atoms with van der Waals surface area (Å²) in [5, 5.41) is 0. The maximum absolute atomic E-state index is 10.7. The van der Waals surface area contributed by atoms with Gasteiger partial charge in [-0.25, -0.2) is 4.79 Å². The smallest absolute Gasteiger partial charge is 0.330 e. The van der Waals surface area contributed by atoms with Gasteiger partial charge in [0.1, 0.15) is 6.10 Å². The van der Waals surface area contributed by atoms with E-state index in [4.69, 9.17) is 9.47 Å². The number of ether oxygens (including phenoxy) is 2. The lowest BCUT2D eigenvalue weighted by Gasteiger charge is -2.30. The summed E-state index contributed by atoms with van der Waals surface area (Å²) in [6.45, 7) is 6.58. The van der Waals surface area contributed by atoms with E-state index in [2.05, 4.69) is 6.58 Å². The average Bonchev–Trinajstić information content (AvgIpc) is 1.83. The molecule has 11 heavy (non-hydrogen) atoms. The number of carbonyl (C=O) groups excluding carboxylic acids is 1. The fraction of sp³-hybridized carbons (Fsp3) is 0.625. The maximum atomic E-state index is 10.7. The van der Waals surface area contributed by atoms with Gasteiger partial charge in [-0.1, -0.05) is 6.58 Å². The highest BCUT2D eigenvalue weighted by molar-refractivity contribution is 5.81. The summed E-state index contributed by atoms with van der Waals surface area (Å²) >= 11 is 0. The molecule has 0 radical (unpaired) electrons. The van der Waals surface area contributed by atoms with Gasteiger partial charge in [0.05, 0.1) is 13.2 Å². The lowest BCUT2D eigenvalue weighted by molar-refractivity contribution is -0.155. The van der Waals surface area contributed by atoms with Crippen LogP contribution in [0.1, 0.15) is 6.92 Å². The van der Waals surface area contributed by atoms with Crippen LogP contribution in [-0.4, -0.2) is 25.3 Å². The zero-order valence-electron chi connectivity index (χ0n) is 6.58. The van der Waals surface area contributed by atoms with Crippen molar-refractivity contribution in [1.29, 1.82) is 0 Å². The van der Waals surface area contributed by atoms with E-state index in [1.165, 1.54) is 6.08 Å². The molecule has 0 saturated carbocycles. The Morgan fingerprint density at radius 2 is 2.45 bits per heavy atom. The highest BCUT2D eigenvalue weighted by Gasteiger charge is 2.27. The topological polar surface area (TPSA) is 35.5 Å². The molecule has 0 amide bonds. The third-order valence-corrected chi connectivity index (χ3v) is 1.80. The predicted molar refractivity (Wildman–Crippen MR) is 40.1 cm³/mol. The minimum Gasteiger partial charge on any atom is -0.459 e. The van der Waals surface area contributed by atoms with Crippen LogP contribution in [-0.2, 0) is 14.3 Å². The monoisotopic (exact) mass is 156 g/mol. The van der Waals surface area contributed by atoms with E-state index in [0.717, 1.165) is 0 Å².